The molecule has 0 aromatic heterocycles. The first-order chi connectivity index (χ1) is 6.65. The average molecular weight is 212 g/mol. The zero-order valence-corrected chi connectivity index (χ0v) is 7.77. The van der Waals surface area contributed by atoms with Gasteiger partial charge in [0.2, 0.25) is 0 Å². The van der Waals surface area contributed by atoms with E-state index in [0.717, 1.165) is 0 Å². The second kappa shape index (κ2) is 4.53. The molecule has 0 unspecified atom stereocenters. The van der Waals surface area contributed by atoms with Crippen LogP contribution in [0.1, 0.15) is 5.56 Å². The first-order valence-electron chi connectivity index (χ1n) is 3.71. The van der Waals surface area contributed by atoms with E-state index in [2.05, 4.69) is 0 Å². The van der Waals surface area contributed by atoms with E-state index in [1.54, 1.807) is 0 Å². The number of aldehydes is 1. The van der Waals surface area contributed by atoms with Crippen LogP contribution in [-0.2, 0) is 4.79 Å². The first kappa shape index (κ1) is 10.4. The molecule has 0 aliphatic carbocycles. The van der Waals surface area contributed by atoms with Crippen LogP contribution in [-0.4, -0.2) is 11.2 Å². The molecule has 0 aliphatic rings. The summed E-state index contributed by atoms with van der Waals surface area (Å²) in [6.45, 7) is 0. The Morgan fingerprint density at radius 1 is 1.43 bits per heavy atom. The number of hydrogen-bond acceptors (Lipinski definition) is 3. The van der Waals surface area contributed by atoms with E-state index < -0.39 is 4.92 Å². The summed E-state index contributed by atoms with van der Waals surface area (Å²) >= 11 is 5.75. The van der Waals surface area contributed by atoms with E-state index in [-0.39, 0.29) is 5.69 Å². The summed E-state index contributed by atoms with van der Waals surface area (Å²) < 4.78 is 0. The lowest BCUT2D eigenvalue weighted by Crippen LogP contribution is -1.88. The summed E-state index contributed by atoms with van der Waals surface area (Å²) in [6, 6.07) is 4.03. The van der Waals surface area contributed by atoms with Crippen LogP contribution in [0.15, 0.2) is 24.3 Å². The average Bonchev–Trinajstić information content (AvgIpc) is 2.16. The highest BCUT2D eigenvalue weighted by molar-refractivity contribution is 6.32. The molecule has 1 rings (SSSR count). The van der Waals surface area contributed by atoms with E-state index in [0.29, 0.717) is 16.9 Å². The Bertz CT molecular complexity index is 401. The Kier molecular flexibility index (Phi) is 3.36. The van der Waals surface area contributed by atoms with Gasteiger partial charge in [0.15, 0.2) is 0 Å². The Morgan fingerprint density at radius 3 is 2.71 bits per heavy atom. The molecule has 0 saturated carbocycles. The predicted molar refractivity (Wildman–Crippen MR) is 53.2 cm³/mol. The van der Waals surface area contributed by atoms with Gasteiger partial charge in [-0.3, -0.25) is 14.9 Å². The topological polar surface area (TPSA) is 60.2 Å². The molecule has 0 N–H and O–H groups in total. The maximum atomic E-state index is 10.4. The fourth-order valence-corrected chi connectivity index (χ4v) is 1.10. The van der Waals surface area contributed by atoms with Gasteiger partial charge < -0.3 is 0 Å². The quantitative estimate of drug-likeness (QED) is 0.334. The minimum atomic E-state index is -0.519. The number of benzene rings is 1. The second-order valence-electron chi connectivity index (χ2n) is 2.46. The Morgan fingerprint density at radius 2 is 2.14 bits per heavy atom. The van der Waals surface area contributed by atoms with Gasteiger partial charge in [-0.2, -0.15) is 0 Å². The van der Waals surface area contributed by atoms with Crippen molar-refractivity contribution in [1.82, 2.24) is 0 Å². The summed E-state index contributed by atoms with van der Waals surface area (Å²) in [6.07, 6.45) is 3.22. The molecule has 0 amide bonds. The third-order valence-corrected chi connectivity index (χ3v) is 1.89. The SMILES string of the molecule is O=C/C=C\c1cc([N+](=O)[O-])ccc1Cl. The maximum Gasteiger partial charge on any atom is 0.270 e. The van der Waals surface area contributed by atoms with Gasteiger partial charge in [0.25, 0.3) is 5.69 Å². The number of carbonyl (C=O) groups excluding carboxylic acids is 1. The van der Waals surface area contributed by atoms with E-state index in [1.807, 2.05) is 0 Å². The van der Waals surface area contributed by atoms with Crippen molar-refractivity contribution < 1.29 is 9.72 Å². The van der Waals surface area contributed by atoms with Gasteiger partial charge in [0, 0.05) is 17.2 Å². The van der Waals surface area contributed by atoms with Crippen LogP contribution in [0.25, 0.3) is 6.08 Å². The number of carbonyl (C=O) groups is 1. The fourth-order valence-electron chi connectivity index (χ4n) is 0.915. The third-order valence-electron chi connectivity index (χ3n) is 1.54. The molecule has 5 heteroatoms. The van der Waals surface area contributed by atoms with E-state index in [1.165, 1.54) is 30.4 Å². The number of allylic oxidation sites excluding steroid dienone is 1. The molecule has 0 atom stereocenters. The molecule has 72 valence electrons. The second-order valence-corrected chi connectivity index (χ2v) is 2.87. The van der Waals surface area contributed by atoms with E-state index in [4.69, 9.17) is 11.6 Å². The number of nitro groups is 1. The van der Waals surface area contributed by atoms with Crippen molar-refractivity contribution in [3.05, 3.63) is 45.0 Å². The molecular weight excluding hydrogens is 206 g/mol. The first-order valence-corrected chi connectivity index (χ1v) is 4.08. The molecule has 0 aliphatic heterocycles. The van der Waals surface area contributed by atoms with Crippen LogP contribution in [0.2, 0.25) is 5.02 Å². The Balaban J connectivity index is 3.14. The minimum Gasteiger partial charge on any atom is -0.299 e. The Hall–Kier alpha value is -1.68. The summed E-state index contributed by atoms with van der Waals surface area (Å²) in [5.74, 6) is 0. The maximum absolute atomic E-state index is 10.4. The monoisotopic (exact) mass is 211 g/mol. The van der Waals surface area contributed by atoms with Gasteiger partial charge in [-0.05, 0) is 23.8 Å². The standard InChI is InChI=1S/C9H6ClNO3/c10-9-4-3-8(11(13)14)6-7(9)2-1-5-12/h1-6H/b2-1-. The molecule has 0 fully saturated rings. The van der Waals surface area contributed by atoms with Crippen LogP contribution < -0.4 is 0 Å². The van der Waals surface area contributed by atoms with E-state index in [9.17, 15) is 14.9 Å². The normalized spacial score (nSPS) is 10.4. The van der Waals surface area contributed by atoms with Crippen molar-refractivity contribution in [3.8, 4) is 0 Å². The lowest BCUT2D eigenvalue weighted by Gasteiger charge is -1.97. The van der Waals surface area contributed by atoms with Gasteiger partial charge in [0.05, 0.1) is 4.92 Å². The number of hydrogen-bond donors (Lipinski definition) is 0. The molecule has 0 radical (unpaired) electrons. The summed E-state index contributed by atoms with van der Waals surface area (Å²) in [5.41, 5.74) is 0.396. The van der Waals surface area contributed by atoms with Crippen molar-refractivity contribution >= 4 is 29.7 Å². The molecule has 14 heavy (non-hydrogen) atoms. The number of non-ortho nitro benzene ring substituents is 1. The van der Waals surface area contributed by atoms with Crippen molar-refractivity contribution in [3.63, 3.8) is 0 Å². The van der Waals surface area contributed by atoms with Crippen LogP contribution >= 0.6 is 11.6 Å². The lowest BCUT2D eigenvalue weighted by atomic mass is 10.2. The zero-order chi connectivity index (χ0) is 10.6. The molecule has 1 aromatic rings. The summed E-state index contributed by atoms with van der Waals surface area (Å²) in [7, 11) is 0. The lowest BCUT2D eigenvalue weighted by molar-refractivity contribution is -0.384. The van der Waals surface area contributed by atoms with Gasteiger partial charge in [-0.1, -0.05) is 11.6 Å². The van der Waals surface area contributed by atoms with Gasteiger partial charge >= 0.3 is 0 Å². The molecule has 0 saturated heterocycles. The van der Waals surface area contributed by atoms with Crippen LogP contribution in [0.4, 0.5) is 5.69 Å². The molecule has 0 heterocycles. The van der Waals surface area contributed by atoms with Gasteiger partial charge in [-0.25, -0.2) is 0 Å². The predicted octanol–water partition coefficient (Wildman–Crippen LogP) is 2.46. The number of nitrogens with zero attached hydrogens (tertiary/aromatic N) is 1. The highest BCUT2D eigenvalue weighted by Gasteiger charge is 2.07. The highest BCUT2D eigenvalue weighted by Crippen LogP contribution is 2.22. The summed E-state index contributed by atoms with van der Waals surface area (Å²) in [4.78, 5) is 19.9. The van der Waals surface area contributed by atoms with Crippen molar-refractivity contribution in [2.45, 2.75) is 0 Å². The molecular formula is C9H6ClNO3. The summed E-state index contributed by atoms with van der Waals surface area (Å²) in [5, 5.41) is 10.8. The van der Waals surface area contributed by atoms with Gasteiger partial charge in [-0.15, -0.1) is 0 Å². The van der Waals surface area contributed by atoms with Crippen molar-refractivity contribution in [2.75, 3.05) is 0 Å². The fraction of sp³-hybridized carbons (Fsp3) is 0. The molecule has 0 spiro atoms. The number of rotatable bonds is 3. The third kappa shape index (κ3) is 2.40. The number of nitro benzene ring substituents is 1. The zero-order valence-electron chi connectivity index (χ0n) is 7.01. The smallest absolute Gasteiger partial charge is 0.270 e. The highest BCUT2D eigenvalue weighted by atomic mass is 35.5. The number of halogens is 1. The van der Waals surface area contributed by atoms with Crippen molar-refractivity contribution in [1.29, 1.82) is 0 Å². The molecule has 0 bridgehead atoms. The molecule has 1 aromatic carbocycles. The van der Waals surface area contributed by atoms with Crippen LogP contribution in [0, 0.1) is 10.1 Å². The Labute approximate surface area is 85.0 Å². The minimum absolute atomic E-state index is 0.0556. The molecule has 4 nitrogen and oxygen atoms in total. The van der Waals surface area contributed by atoms with Crippen LogP contribution in [0.5, 0.6) is 0 Å². The largest absolute Gasteiger partial charge is 0.299 e. The van der Waals surface area contributed by atoms with Crippen LogP contribution in [0.3, 0.4) is 0 Å². The van der Waals surface area contributed by atoms with E-state index >= 15 is 0 Å². The van der Waals surface area contributed by atoms with Crippen molar-refractivity contribution in [2.24, 2.45) is 0 Å². The van der Waals surface area contributed by atoms with Gasteiger partial charge in [0.1, 0.15) is 6.29 Å².